The molecule has 0 spiro atoms. The van der Waals surface area contributed by atoms with Crippen molar-refractivity contribution in [3.05, 3.63) is 11.1 Å². The van der Waals surface area contributed by atoms with Gasteiger partial charge in [0.2, 0.25) is 7.28 Å². The van der Waals surface area contributed by atoms with Gasteiger partial charge in [-0.3, -0.25) is 0 Å². The first-order valence-corrected chi connectivity index (χ1v) is 3.81. The first-order chi connectivity index (χ1) is 4.61. The van der Waals surface area contributed by atoms with E-state index in [2.05, 4.69) is 13.8 Å². The summed E-state index contributed by atoms with van der Waals surface area (Å²) in [5.74, 6) is 0.566. The molecule has 2 heteroatoms. The minimum absolute atomic E-state index is 0.344. The van der Waals surface area contributed by atoms with E-state index in [1.807, 2.05) is 6.92 Å². The number of carbonyl (C=O) groups is 1. The molecule has 0 amide bonds. The average Bonchev–Trinajstić information content (AvgIpc) is 1.82. The quantitative estimate of drug-likeness (QED) is 0.461. The lowest BCUT2D eigenvalue weighted by Gasteiger charge is -2.17. The van der Waals surface area contributed by atoms with Crippen LogP contribution >= 0.6 is 0 Å². The van der Waals surface area contributed by atoms with E-state index in [1.165, 1.54) is 5.57 Å². The summed E-state index contributed by atoms with van der Waals surface area (Å²) in [6.45, 7) is 6.13. The lowest BCUT2D eigenvalue weighted by Crippen LogP contribution is -2.21. The van der Waals surface area contributed by atoms with Gasteiger partial charge >= 0.3 is 0 Å². The third-order valence-corrected chi connectivity index (χ3v) is 2.25. The first-order valence-electron chi connectivity index (χ1n) is 3.81. The van der Waals surface area contributed by atoms with Gasteiger partial charge in [-0.2, -0.15) is 0 Å². The fraction of sp³-hybridized carbons (Fsp3) is 0.625. The zero-order chi connectivity index (χ0) is 7.72. The Bertz CT molecular complexity index is 193. The number of hydrogen-bond acceptors (Lipinski definition) is 1. The Morgan fingerprint density at radius 3 is 2.60 bits per heavy atom. The number of rotatable bonds is 0. The average molecular weight is 136 g/mol. The van der Waals surface area contributed by atoms with Gasteiger partial charge in [0.15, 0.2) is 0 Å². The molecule has 0 bridgehead atoms. The Morgan fingerprint density at radius 1 is 1.50 bits per heavy atom. The van der Waals surface area contributed by atoms with E-state index in [-0.39, 0.29) is 0 Å². The van der Waals surface area contributed by atoms with Gasteiger partial charge < -0.3 is 4.79 Å². The summed E-state index contributed by atoms with van der Waals surface area (Å²) in [4.78, 5) is 11.2. The van der Waals surface area contributed by atoms with Crippen molar-refractivity contribution >= 4 is 13.0 Å². The van der Waals surface area contributed by atoms with Gasteiger partial charge in [-0.05, 0) is 25.8 Å². The van der Waals surface area contributed by atoms with Crippen LogP contribution in [0.3, 0.4) is 0 Å². The highest BCUT2D eigenvalue weighted by atomic mass is 16.1. The van der Waals surface area contributed by atoms with Gasteiger partial charge in [-0.25, -0.2) is 0 Å². The van der Waals surface area contributed by atoms with E-state index in [0.29, 0.717) is 11.5 Å². The van der Waals surface area contributed by atoms with E-state index >= 15 is 0 Å². The molecule has 0 radical (unpaired) electrons. The summed E-state index contributed by atoms with van der Waals surface area (Å²) in [6.07, 6.45) is 1.11. The van der Waals surface area contributed by atoms with Crippen LogP contribution in [0.4, 0.5) is 0 Å². The molecule has 0 saturated heterocycles. The minimum Gasteiger partial charge on any atom is -0.307 e. The van der Waals surface area contributed by atoms with E-state index in [9.17, 15) is 4.79 Å². The van der Waals surface area contributed by atoms with Crippen LogP contribution in [0.15, 0.2) is 11.1 Å². The maximum Gasteiger partial charge on any atom is 0.214 e. The third kappa shape index (κ3) is 1.31. The molecule has 0 saturated carbocycles. The van der Waals surface area contributed by atoms with Crippen LogP contribution in [-0.4, -0.2) is 13.0 Å². The molecule has 1 rings (SSSR count). The van der Waals surface area contributed by atoms with Crippen LogP contribution in [0.2, 0.25) is 5.82 Å². The van der Waals surface area contributed by atoms with Crippen molar-refractivity contribution in [3.63, 3.8) is 0 Å². The molecule has 1 nitrogen and oxygen atoms in total. The fourth-order valence-electron chi connectivity index (χ4n) is 1.46. The smallest absolute Gasteiger partial charge is 0.214 e. The van der Waals surface area contributed by atoms with Crippen LogP contribution < -0.4 is 0 Å². The Balaban J connectivity index is 2.85. The second kappa shape index (κ2) is 2.61. The molecule has 1 heterocycles. The normalized spacial score (nSPS) is 26.7. The summed E-state index contributed by atoms with van der Waals surface area (Å²) in [7, 11) is 0.753. The Labute approximate surface area is 62.7 Å². The summed E-state index contributed by atoms with van der Waals surface area (Å²) >= 11 is 0. The zero-order valence-electron chi connectivity index (χ0n) is 6.90. The molecule has 0 aromatic heterocycles. The second-order valence-electron chi connectivity index (χ2n) is 3.34. The maximum atomic E-state index is 11.2. The summed E-state index contributed by atoms with van der Waals surface area (Å²) in [6, 6.07) is 0. The van der Waals surface area contributed by atoms with E-state index in [0.717, 1.165) is 19.3 Å². The zero-order valence-corrected chi connectivity index (χ0v) is 6.90. The van der Waals surface area contributed by atoms with Crippen molar-refractivity contribution in [2.75, 3.05) is 0 Å². The van der Waals surface area contributed by atoms with Crippen molar-refractivity contribution in [1.29, 1.82) is 0 Å². The highest BCUT2D eigenvalue weighted by Crippen LogP contribution is 2.24. The maximum absolute atomic E-state index is 11.2. The standard InChI is InChI=1S/C8H13BO/c1-5-4-6(2)9-8(10)7(5)3/h6,9H,4H2,1-3H3. The van der Waals surface area contributed by atoms with Crippen molar-refractivity contribution in [2.45, 2.75) is 33.0 Å². The van der Waals surface area contributed by atoms with Crippen molar-refractivity contribution in [1.82, 2.24) is 0 Å². The Kier molecular flexibility index (Phi) is 1.98. The molecule has 0 aromatic carbocycles. The molecule has 0 aromatic rings. The number of hydrogen-bond donors (Lipinski definition) is 0. The van der Waals surface area contributed by atoms with Crippen LogP contribution in [-0.2, 0) is 4.79 Å². The summed E-state index contributed by atoms with van der Waals surface area (Å²) in [5, 5.41) is 0. The third-order valence-electron chi connectivity index (χ3n) is 2.25. The van der Waals surface area contributed by atoms with Crippen molar-refractivity contribution in [2.24, 2.45) is 0 Å². The fourth-order valence-corrected chi connectivity index (χ4v) is 1.46. The molecule has 1 aliphatic heterocycles. The van der Waals surface area contributed by atoms with E-state index in [1.54, 1.807) is 0 Å². The van der Waals surface area contributed by atoms with Crippen LogP contribution in [0.1, 0.15) is 27.2 Å². The van der Waals surface area contributed by atoms with Gasteiger partial charge in [-0.1, -0.05) is 18.3 Å². The predicted octanol–water partition coefficient (Wildman–Crippen LogP) is 1.50. The van der Waals surface area contributed by atoms with Gasteiger partial charge in [0.1, 0.15) is 5.68 Å². The topological polar surface area (TPSA) is 17.1 Å². The Morgan fingerprint density at radius 2 is 2.10 bits per heavy atom. The molecular formula is C8H13BO. The van der Waals surface area contributed by atoms with Gasteiger partial charge in [0.05, 0.1) is 0 Å². The Hall–Kier alpha value is -0.525. The lowest BCUT2D eigenvalue weighted by atomic mass is 9.54. The SMILES string of the molecule is CC1=C(C)C(=O)BC(C)C1. The second-order valence-corrected chi connectivity index (χ2v) is 3.34. The monoisotopic (exact) mass is 136 g/mol. The van der Waals surface area contributed by atoms with Crippen LogP contribution in [0, 0.1) is 0 Å². The van der Waals surface area contributed by atoms with Gasteiger partial charge in [-0.15, -0.1) is 0 Å². The van der Waals surface area contributed by atoms with Gasteiger partial charge in [0.25, 0.3) is 0 Å². The first kappa shape index (κ1) is 7.58. The molecule has 1 unspecified atom stereocenters. The largest absolute Gasteiger partial charge is 0.307 e. The molecule has 0 N–H and O–H groups in total. The summed E-state index contributed by atoms with van der Waals surface area (Å²) < 4.78 is 0. The highest BCUT2D eigenvalue weighted by molar-refractivity contribution is 6.78. The molecule has 54 valence electrons. The summed E-state index contributed by atoms with van der Waals surface area (Å²) in [5.41, 5.74) is 2.62. The molecule has 1 aliphatic rings. The molecular weight excluding hydrogens is 123 g/mol. The lowest BCUT2D eigenvalue weighted by molar-refractivity contribution is -0.109. The van der Waals surface area contributed by atoms with Gasteiger partial charge in [0, 0.05) is 0 Å². The van der Waals surface area contributed by atoms with E-state index in [4.69, 9.17) is 0 Å². The molecule has 0 aliphatic carbocycles. The van der Waals surface area contributed by atoms with E-state index < -0.39 is 0 Å². The number of carbonyl (C=O) groups excluding carboxylic acids is 1. The highest BCUT2D eigenvalue weighted by Gasteiger charge is 2.20. The van der Waals surface area contributed by atoms with Crippen molar-refractivity contribution < 1.29 is 4.79 Å². The molecule has 1 atom stereocenters. The number of allylic oxidation sites excluding steroid dienone is 2. The van der Waals surface area contributed by atoms with Crippen molar-refractivity contribution in [3.8, 4) is 0 Å². The van der Waals surface area contributed by atoms with Crippen LogP contribution in [0.5, 0.6) is 0 Å². The minimum atomic E-state index is 0.344. The molecule has 0 fully saturated rings. The van der Waals surface area contributed by atoms with Crippen LogP contribution in [0.25, 0.3) is 0 Å². The molecule has 10 heavy (non-hydrogen) atoms. The predicted molar refractivity (Wildman–Crippen MR) is 44.6 cm³/mol.